The first-order valence-corrected chi connectivity index (χ1v) is 39.7. The molecule has 3 unspecified atom stereocenters. The van der Waals surface area contributed by atoms with E-state index in [4.69, 9.17) is 37.0 Å². The van der Waals surface area contributed by atoms with Crippen LogP contribution in [-0.4, -0.2) is 96.7 Å². The zero-order chi connectivity index (χ0) is 67.3. The number of aliphatic hydroxyl groups is 1. The molecule has 0 fully saturated rings. The number of rotatable bonds is 68. The SMILES string of the molecule is CCCCCC/C=C\C=C/CCCCCCCC(=O)O[C@H](COC(=O)CCCCCCCCC(C)C)COP(=O)(O)OCC(O)COP(=O)(O)OC[C@@H](COC(=O)CCCCCCCCC(C)C)OC(=O)CCCCCCCCCCCCCCCCCC(C)C. The zero-order valence-electron chi connectivity index (χ0n) is 58.8. The number of aliphatic hydroxyl groups excluding tert-OH is 1. The minimum atomic E-state index is -4.96. The van der Waals surface area contributed by atoms with E-state index in [1.165, 1.54) is 122 Å². The van der Waals surface area contributed by atoms with E-state index in [0.717, 1.165) is 121 Å². The minimum absolute atomic E-state index is 0.0835. The molecular formula is C72H136O17P2. The van der Waals surface area contributed by atoms with Gasteiger partial charge >= 0.3 is 39.5 Å². The highest BCUT2D eigenvalue weighted by Crippen LogP contribution is 2.45. The molecule has 3 N–H and O–H groups in total. The van der Waals surface area contributed by atoms with E-state index in [0.29, 0.717) is 37.5 Å². The third-order valence-corrected chi connectivity index (χ3v) is 17.9. The van der Waals surface area contributed by atoms with Crippen LogP contribution >= 0.6 is 15.6 Å². The summed E-state index contributed by atoms with van der Waals surface area (Å²) in [5, 5.41) is 10.6. The molecule has 0 heterocycles. The molecular weight excluding hydrogens is 1200 g/mol. The van der Waals surface area contributed by atoms with Crippen LogP contribution in [-0.2, 0) is 65.4 Å². The number of phosphoric ester groups is 2. The van der Waals surface area contributed by atoms with Crippen molar-refractivity contribution < 1.29 is 80.2 Å². The van der Waals surface area contributed by atoms with Gasteiger partial charge in [0.15, 0.2) is 12.2 Å². The Labute approximate surface area is 554 Å². The van der Waals surface area contributed by atoms with Gasteiger partial charge in [0.1, 0.15) is 19.3 Å². The molecule has 0 radical (unpaired) electrons. The van der Waals surface area contributed by atoms with Crippen LogP contribution < -0.4 is 0 Å². The van der Waals surface area contributed by atoms with Crippen LogP contribution in [0.1, 0.15) is 337 Å². The van der Waals surface area contributed by atoms with Gasteiger partial charge in [-0.25, -0.2) is 9.13 Å². The van der Waals surface area contributed by atoms with E-state index in [1.807, 2.05) is 0 Å². The van der Waals surface area contributed by atoms with Gasteiger partial charge in [-0.1, -0.05) is 285 Å². The fourth-order valence-electron chi connectivity index (χ4n) is 10.4. The Kier molecular flexibility index (Phi) is 60.7. The maximum Gasteiger partial charge on any atom is 0.472 e. The fourth-order valence-corrected chi connectivity index (χ4v) is 11.9. The highest BCUT2D eigenvalue weighted by Gasteiger charge is 2.30. The van der Waals surface area contributed by atoms with Crippen molar-refractivity contribution in [1.29, 1.82) is 0 Å². The van der Waals surface area contributed by atoms with Gasteiger partial charge < -0.3 is 33.8 Å². The Morgan fingerprint density at radius 2 is 0.593 bits per heavy atom. The summed E-state index contributed by atoms with van der Waals surface area (Å²) in [6, 6.07) is 0. The molecule has 0 aliphatic rings. The van der Waals surface area contributed by atoms with E-state index < -0.39 is 97.5 Å². The van der Waals surface area contributed by atoms with Crippen molar-refractivity contribution >= 4 is 39.5 Å². The van der Waals surface area contributed by atoms with Gasteiger partial charge in [0.25, 0.3) is 0 Å². The largest absolute Gasteiger partial charge is 0.472 e. The average Bonchev–Trinajstić information content (AvgIpc) is 3.66. The molecule has 0 aliphatic heterocycles. The Bertz CT molecular complexity index is 1880. The maximum atomic E-state index is 13.0. The second-order valence-electron chi connectivity index (χ2n) is 26.7. The molecule has 536 valence electrons. The van der Waals surface area contributed by atoms with Gasteiger partial charge in [-0.3, -0.25) is 37.3 Å². The van der Waals surface area contributed by atoms with Crippen molar-refractivity contribution in [2.75, 3.05) is 39.6 Å². The average molecular weight is 1340 g/mol. The molecule has 5 atom stereocenters. The summed E-state index contributed by atoms with van der Waals surface area (Å²) < 4.78 is 68.2. The zero-order valence-corrected chi connectivity index (χ0v) is 60.6. The summed E-state index contributed by atoms with van der Waals surface area (Å²) >= 11 is 0. The summed E-state index contributed by atoms with van der Waals surface area (Å²) in [7, 11) is -9.92. The monoisotopic (exact) mass is 1330 g/mol. The molecule has 91 heavy (non-hydrogen) atoms. The molecule has 17 nitrogen and oxygen atoms in total. The molecule has 0 saturated carbocycles. The summed E-state index contributed by atoms with van der Waals surface area (Å²) in [5.74, 6) is -0.00411. The number of ether oxygens (including phenoxy) is 4. The lowest BCUT2D eigenvalue weighted by molar-refractivity contribution is -0.161. The Morgan fingerprint density at radius 1 is 0.341 bits per heavy atom. The number of allylic oxidation sites excluding steroid dienone is 4. The normalized spacial score (nSPS) is 14.3. The van der Waals surface area contributed by atoms with E-state index in [-0.39, 0.29) is 25.7 Å². The predicted octanol–water partition coefficient (Wildman–Crippen LogP) is 20.2. The first-order chi connectivity index (χ1) is 43.7. The molecule has 19 heteroatoms. The number of esters is 4. The van der Waals surface area contributed by atoms with Crippen LogP contribution in [0.5, 0.6) is 0 Å². The lowest BCUT2D eigenvalue weighted by atomic mass is 10.0. The summed E-state index contributed by atoms with van der Waals surface area (Å²) in [4.78, 5) is 72.5. The molecule has 0 saturated heterocycles. The van der Waals surface area contributed by atoms with Gasteiger partial charge in [0, 0.05) is 25.7 Å². The molecule has 0 bridgehead atoms. The van der Waals surface area contributed by atoms with Gasteiger partial charge in [0.05, 0.1) is 26.4 Å². The number of phosphoric acid groups is 2. The number of carbonyl (C=O) groups is 4. The van der Waals surface area contributed by atoms with Gasteiger partial charge in [-0.05, 0) is 69.1 Å². The van der Waals surface area contributed by atoms with Crippen molar-refractivity contribution in [3.05, 3.63) is 24.3 Å². The van der Waals surface area contributed by atoms with E-state index in [9.17, 15) is 43.2 Å². The Balaban J connectivity index is 5.22. The summed E-state index contributed by atoms with van der Waals surface area (Å²) in [6.07, 6.45) is 49.8. The van der Waals surface area contributed by atoms with Gasteiger partial charge in [0.2, 0.25) is 0 Å². The third-order valence-electron chi connectivity index (χ3n) is 16.0. The second kappa shape index (κ2) is 62.4. The van der Waals surface area contributed by atoms with Gasteiger partial charge in [-0.15, -0.1) is 0 Å². The number of hydrogen-bond donors (Lipinski definition) is 3. The van der Waals surface area contributed by atoms with Crippen LogP contribution in [0.15, 0.2) is 24.3 Å². The van der Waals surface area contributed by atoms with Crippen molar-refractivity contribution in [1.82, 2.24) is 0 Å². The van der Waals surface area contributed by atoms with Crippen LogP contribution in [0.4, 0.5) is 0 Å². The van der Waals surface area contributed by atoms with E-state index in [1.54, 1.807) is 0 Å². The highest BCUT2D eigenvalue weighted by atomic mass is 31.2. The van der Waals surface area contributed by atoms with Crippen LogP contribution in [0.2, 0.25) is 0 Å². The lowest BCUT2D eigenvalue weighted by Gasteiger charge is -2.21. The van der Waals surface area contributed by atoms with Crippen molar-refractivity contribution in [2.45, 2.75) is 356 Å². The van der Waals surface area contributed by atoms with Gasteiger partial charge in [-0.2, -0.15) is 0 Å². The van der Waals surface area contributed by atoms with Crippen LogP contribution in [0.3, 0.4) is 0 Å². The topological polar surface area (TPSA) is 237 Å². The number of carbonyl (C=O) groups excluding carboxylic acids is 4. The minimum Gasteiger partial charge on any atom is -0.462 e. The van der Waals surface area contributed by atoms with Crippen molar-refractivity contribution in [2.24, 2.45) is 17.8 Å². The Hall–Kier alpha value is -2.46. The van der Waals surface area contributed by atoms with Crippen molar-refractivity contribution in [3.8, 4) is 0 Å². The predicted molar refractivity (Wildman–Crippen MR) is 367 cm³/mol. The highest BCUT2D eigenvalue weighted by molar-refractivity contribution is 7.47. The fraction of sp³-hybridized carbons (Fsp3) is 0.889. The Morgan fingerprint density at radius 3 is 0.890 bits per heavy atom. The molecule has 0 aromatic heterocycles. The van der Waals surface area contributed by atoms with Crippen molar-refractivity contribution in [3.63, 3.8) is 0 Å². The molecule has 0 aromatic rings. The van der Waals surface area contributed by atoms with Crippen LogP contribution in [0, 0.1) is 17.8 Å². The first-order valence-electron chi connectivity index (χ1n) is 36.7. The summed E-state index contributed by atoms with van der Waals surface area (Å²) in [6.45, 7) is 11.7. The molecule has 0 spiro atoms. The number of unbranched alkanes of at least 4 members (excludes halogenated alkanes) is 33. The van der Waals surface area contributed by atoms with Crippen LogP contribution in [0.25, 0.3) is 0 Å². The summed E-state index contributed by atoms with van der Waals surface area (Å²) in [5.41, 5.74) is 0. The quantitative estimate of drug-likeness (QED) is 0.0169. The smallest absolute Gasteiger partial charge is 0.462 e. The standard InChI is InChI=1S/C72H136O17P2/c1-8-9-10-11-12-13-14-15-17-21-24-27-30-41-48-55-71(76)88-67(59-82-69(74)53-46-39-34-32-37-44-51-64(4)5)61-86-90(78,79)84-57-66(73)58-85-91(80,81)87-62-68(60-83-70(75)54-47-40-35-33-38-45-52-65(6)7)89-72(77)56-49-42-31-28-25-22-19-16-18-20-23-26-29-36-43-50-63(2)3/h13-15,17,63-68,73H,8-12,16,18-62H2,1-7H3,(H,78,79)(H,80,81)/b14-13-,17-15-/t66?,67-,68-/m1/s1. The van der Waals surface area contributed by atoms with E-state index >= 15 is 0 Å². The first kappa shape index (κ1) is 88.5. The van der Waals surface area contributed by atoms with E-state index in [2.05, 4.69) is 72.8 Å². The maximum absolute atomic E-state index is 13.0. The third kappa shape index (κ3) is 66.0. The molecule has 0 amide bonds. The number of hydrogen-bond acceptors (Lipinski definition) is 15. The molecule has 0 aromatic carbocycles. The molecule has 0 aliphatic carbocycles. The lowest BCUT2D eigenvalue weighted by Crippen LogP contribution is -2.30. The molecule has 0 rings (SSSR count). The second-order valence-corrected chi connectivity index (χ2v) is 29.6.